The molecule has 0 aliphatic rings. The zero-order valence-corrected chi connectivity index (χ0v) is 10.1. The summed E-state index contributed by atoms with van der Waals surface area (Å²) in [6, 6.07) is 7.53. The van der Waals surface area contributed by atoms with E-state index in [1.54, 1.807) is 0 Å². The van der Waals surface area contributed by atoms with Crippen molar-refractivity contribution in [2.24, 2.45) is 5.92 Å². The first kappa shape index (κ1) is 13.1. The first-order valence-electron chi connectivity index (χ1n) is 5.40. The first-order valence-corrected chi connectivity index (χ1v) is 5.40. The molecule has 0 aromatic heterocycles. The fourth-order valence-corrected chi connectivity index (χ4v) is 1.48. The summed E-state index contributed by atoms with van der Waals surface area (Å²) in [5.41, 5.74) is 1.07. The summed E-state index contributed by atoms with van der Waals surface area (Å²) in [7, 11) is 1.40. The van der Waals surface area contributed by atoms with Gasteiger partial charge in [-0.3, -0.25) is 4.79 Å². The Morgan fingerprint density at radius 2 is 2.06 bits per heavy atom. The van der Waals surface area contributed by atoms with Gasteiger partial charge in [0.05, 0.1) is 13.0 Å². The van der Waals surface area contributed by atoms with Gasteiger partial charge in [-0.2, -0.15) is 0 Å². The van der Waals surface area contributed by atoms with E-state index in [9.17, 15) is 4.79 Å². The number of rotatable bonds is 5. The molecule has 0 radical (unpaired) electrons. The average Bonchev–Trinajstić information content (AvgIpc) is 2.37. The van der Waals surface area contributed by atoms with Crippen LogP contribution in [-0.4, -0.2) is 19.7 Å². The zero-order chi connectivity index (χ0) is 12.7. The summed E-state index contributed by atoms with van der Waals surface area (Å²) in [5, 5.41) is 0. The molecule has 3 heteroatoms. The van der Waals surface area contributed by atoms with Crippen molar-refractivity contribution in [3.63, 3.8) is 0 Å². The second kappa shape index (κ2) is 6.59. The summed E-state index contributed by atoms with van der Waals surface area (Å²) in [6.07, 6.45) is 5.75. The molecule has 0 aliphatic heterocycles. The van der Waals surface area contributed by atoms with Gasteiger partial charge in [-0.05, 0) is 24.1 Å². The van der Waals surface area contributed by atoms with Gasteiger partial charge in [-0.1, -0.05) is 25.0 Å². The lowest BCUT2D eigenvalue weighted by Crippen LogP contribution is -2.15. The van der Waals surface area contributed by atoms with Crippen molar-refractivity contribution in [3.8, 4) is 18.1 Å². The highest BCUT2D eigenvalue weighted by molar-refractivity contribution is 5.72. The van der Waals surface area contributed by atoms with E-state index in [0.717, 1.165) is 11.3 Å². The van der Waals surface area contributed by atoms with Gasteiger partial charge >= 0.3 is 5.97 Å². The molecule has 1 aromatic rings. The number of benzene rings is 1. The Labute approximate surface area is 102 Å². The maximum absolute atomic E-state index is 11.3. The third kappa shape index (κ3) is 4.20. The Hall–Kier alpha value is -1.95. The van der Waals surface area contributed by atoms with E-state index in [2.05, 4.69) is 10.7 Å². The molecule has 1 unspecified atom stereocenters. The summed E-state index contributed by atoms with van der Waals surface area (Å²) in [6.45, 7) is 2.10. The van der Waals surface area contributed by atoms with Crippen molar-refractivity contribution < 1.29 is 14.3 Å². The third-order valence-electron chi connectivity index (χ3n) is 2.39. The quantitative estimate of drug-likeness (QED) is 0.575. The average molecular weight is 232 g/mol. The lowest BCUT2D eigenvalue weighted by molar-refractivity contribution is -0.144. The predicted octanol–water partition coefficient (Wildman–Crippen LogP) is 2.05. The highest BCUT2D eigenvalue weighted by atomic mass is 16.5. The number of methoxy groups -OCH3 is 1. The second-order valence-electron chi connectivity index (χ2n) is 3.77. The maximum atomic E-state index is 11.3. The Bertz CT molecular complexity index is 400. The van der Waals surface area contributed by atoms with Crippen molar-refractivity contribution in [1.82, 2.24) is 0 Å². The van der Waals surface area contributed by atoms with E-state index in [4.69, 9.17) is 11.2 Å². The number of terminal acetylenes is 1. The van der Waals surface area contributed by atoms with E-state index in [1.807, 2.05) is 31.2 Å². The number of hydrogen-bond acceptors (Lipinski definition) is 3. The molecule has 0 amide bonds. The number of hydrogen-bond donors (Lipinski definition) is 0. The predicted molar refractivity (Wildman–Crippen MR) is 65.7 cm³/mol. The molecular formula is C14H16O3. The minimum atomic E-state index is -0.197. The summed E-state index contributed by atoms with van der Waals surface area (Å²) < 4.78 is 9.93. The van der Waals surface area contributed by atoms with Crippen LogP contribution >= 0.6 is 0 Å². The smallest absolute Gasteiger partial charge is 0.308 e. The van der Waals surface area contributed by atoms with Crippen molar-refractivity contribution in [2.75, 3.05) is 13.7 Å². The van der Waals surface area contributed by atoms with Gasteiger partial charge in [-0.15, -0.1) is 6.42 Å². The SMILES string of the molecule is C#CCOc1ccc(CC(C)C(=O)OC)cc1. The summed E-state index contributed by atoms with van der Waals surface area (Å²) in [4.78, 5) is 11.3. The highest BCUT2D eigenvalue weighted by Gasteiger charge is 2.13. The number of carbonyl (C=O) groups excluding carboxylic acids is 1. The van der Waals surface area contributed by atoms with Crippen LogP contribution in [-0.2, 0) is 16.0 Å². The minimum Gasteiger partial charge on any atom is -0.481 e. The largest absolute Gasteiger partial charge is 0.481 e. The molecule has 1 atom stereocenters. The zero-order valence-electron chi connectivity index (χ0n) is 10.1. The van der Waals surface area contributed by atoms with Crippen LogP contribution in [0, 0.1) is 18.3 Å². The maximum Gasteiger partial charge on any atom is 0.308 e. The third-order valence-corrected chi connectivity index (χ3v) is 2.39. The molecular weight excluding hydrogens is 216 g/mol. The molecule has 0 saturated carbocycles. The Kier molecular flexibility index (Phi) is 5.09. The number of esters is 1. The van der Waals surface area contributed by atoms with E-state index in [0.29, 0.717) is 6.42 Å². The van der Waals surface area contributed by atoms with Gasteiger partial charge in [0, 0.05) is 0 Å². The fourth-order valence-electron chi connectivity index (χ4n) is 1.48. The van der Waals surface area contributed by atoms with Crippen LogP contribution in [0.1, 0.15) is 12.5 Å². The molecule has 0 bridgehead atoms. The monoisotopic (exact) mass is 232 g/mol. The lowest BCUT2D eigenvalue weighted by Gasteiger charge is -2.09. The van der Waals surface area contributed by atoms with E-state index in [-0.39, 0.29) is 18.5 Å². The van der Waals surface area contributed by atoms with E-state index < -0.39 is 0 Å². The van der Waals surface area contributed by atoms with Gasteiger partial charge in [0.25, 0.3) is 0 Å². The highest BCUT2D eigenvalue weighted by Crippen LogP contribution is 2.15. The van der Waals surface area contributed by atoms with Crippen LogP contribution in [0.25, 0.3) is 0 Å². The summed E-state index contributed by atoms with van der Waals surface area (Å²) >= 11 is 0. The van der Waals surface area contributed by atoms with Crippen molar-refractivity contribution in [3.05, 3.63) is 29.8 Å². The van der Waals surface area contributed by atoms with Crippen molar-refractivity contribution in [1.29, 1.82) is 0 Å². The van der Waals surface area contributed by atoms with Crippen molar-refractivity contribution >= 4 is 5.97 Å². The molecule has 0 fully saturated rings. The fraction of sp³-hybridized carbons (Fsp3) is 0.357. The van der Waals surface area contributed by atoms with Gasteiger partial charge < -0.3 is 9.47 Å². The molecule has 90 valence electrons. The van der Waals surface area contributed by atoms with Crippen molar-refractivity contribution in [2.45, 2.75) is 13.3 Å². The molecule has 1 aromatic carbocycles. The van der Waals surface area contributed by atoms with Crippen LogP contribution in [0.15, 0.2) is 24.3 Å². The van der Waals surface area contributed by atoms with Gasteiger partial charge in [0.1, 0.15) is 12.4 Å². The number of carbonyl (C=O) groups is 1. The normalized spacial score (nSPS) is 11.4. The van der Waals surface area contributed by atoms with Gasteiger partial charge in [-0.25, -0.2) is 0 Å². The molecule has 0 N–H and O–H groups in total. The van der Waals surface area contributed by atoms with Gasteiger partial charge in [0.2, 0.25) is 0 Å². The summed E-state index contributed by atoms with van der Waals surface area (Å²) in [5.74, 6) is 2.80. The topological polar surface area (TPSA) is 35.5 Å². The Morgan fingerprint density at radius 3 is 2.59 bits per heavy atom. The van der Waals surface area contributed by atoms with Gasteiger partial charge in [0.15, 0.2) is 0 Å². The van der Waals surface area contributed by atoms with E-state index >= 15 is 0 Å². The molecule has 0 saturated heterocycles. The van der Waals surface area contributed by atoms with Crippen LogP contribution in [0.5, 0.6) is 5.75 Å². The van der Waals surface area contributed by atoms with Crippen LogP contribution in [0.2, 0.25) is 0 Å². The molecule has 0 heterocycles. The Balaban J connectivity index is 2.56. The Morgan fingerprint density at radius 1 is 1.41 bits per heavy atom. The number of ether oxygens (including phenoxy) is 2. The lowest BCUT2D eigenvalue weighted by atomic mass is 10.0. The second-order valence-corrected chi connectivity index (χ2v) is 3.77. The molecule has 3 nitrogen and oxygen atoms in total. The minimum absolute atomic E-state index is 0.141. The molecule has 0 spiro atoms. The van der Waals surface area contributed by atoms with Crippen LogP contribution in [0.3, 0.4) is 0 Å². The molecule has 1 rings (SSSR count). The first-order chi connectivity index (χ1) is 8.17. The van der Waals surface area contributed by atoms with Crippen LogP contribution < -0.4 is 4.74 Å². The molecule has 0 aliphatic carbocycles. The standard InChI is InChI=1S/C14H16O3/c1-4-9-17-13-7-5-12(6-8-13)10-11(2)14(15)16-3/h1,5-8,11H,9-10H2,2-3H3. The van der Waals surface area contributed by atoms with E-state index in [1.165, 1.54) is 7.11 Å². The van der Waals surface area contributed by atoms with Crippen LogP contribution in [0.4, 0.5) is 0 Å². The molecule has 17 heavy (non-hydrogen) atoms.